The fourth-order valence-electron chi connectivity index (χ4n) is 3.51. The van der Waals surface area contributed by atoms with Gasteiger partial charge < -0.3 is 14.9 Å². The summed E-state index contributed by atoms with van der Waals surface area (Å²) in [5.41, 5.74) is 1.41. The summed E-state index contributed by atoms with van der Waals surface area (Å²) in [6.45, 7) is 10.4. The van der Waals surface area contributed by atoms with Crippen molar-refractivity contribution in [3.8, 4) is 5.75 Å². The fourth-order valence-corrected chi connectivity index (χ4v) is 3.51. The normalized spacial score (nSPS) is 17.8. The number of esters is 1. The Morgan fingerprint density at radius 1 is 1.22 bits per heavy atom. The van der Waals surface area contributed by atoms with Crippen molar-refractivity contribution in [2.75, 3.05) is 0 Å². The number of aliphatic carboxylic acids is 1. The highest BCUT2D eigenvalue weighted by atomic mass is 16.6. The number of benzene rings is 1. The molecule has 5 nitrogen and oxygen atoms in total. The van der Waals surface area contributed by atoms with Gasteiger partial charge >= 0.3 is 11.9 Å². The third-order valence-electron chi connectivity index (χ3n) is 3.95. The van der Waals surface area contributed by atoms with Crippen molar-refractivity contribution in [1.82, 2.24) is 0 Å². The monoisotopic (exact) mass is 320 g/mol. The van der Waals surface area contributed by atoms with Gasteiger partial charge in [-0.2, -0.15) is 0 Å². The number of aliphatic hydroxyl groups excluding tert-OH is 1. The van der Waals surface area contributed by atoms with Gasteiger partial charge in [-0.15, -0.1) is 0 Å². The minimum atomic E-state index is -1.34. The van der Waals surface area contributed by atoms with Crippen LogP contribution in [0.4, 0.5) is 0 Å². The lowest BCUT2D eigenvalue weighted by Gasteiger charge is -2.34. The van der Waals surface area contributed by atoms with Crippen LogP contribution in [0.3, 0.4) is 0 Å². The Morgan fingerprint density at radius 3 is 2.35 bits per heavy atom. The molecule has 2 N–H and O–H groups in total. The smallest absolute Gasteiger partial charge is 0.345 e. The number of carboxylic acid groups (broad SMARTS) is 1. The standard InChI is InChI=1S/C18H24O5/c1-17(2,3)9-18(4,5)12-7-10(8-13(19)20)6-11-14(21)16(22)23-15(11)12/h6-7,14,21H,8-9H2,1-5H3,(H,19,20). The number of rotatable bonds is 4. The largest absolute Gasteiger partial charge is 0.481 e. The average molecular weight is 320 g/mol. The molecule has 0 aliphatic carbocycles. The number of hydrogen-bond acceptors (Lipinski definition) is 4. The number of aliphatic hydroxyl groups is 1. The number of carbonyl (C=O) groups excluding carboxylic acids is 1. The van der Waals surface area contributed by atoms with Crippen molar-refractivity contribution < 1.29 is 24.5 Å². The van der Waals surface area contributed by atoms with Crippen molar-refractivity contribution in [2.45, 2.75) is 59.0 Å². The van der Waals surface area contributed by atoms with E-state index in [-0.39, 0.29) is 17.3 Å². The van der Waals surface area contributed by atoms with Gasteiger partial charge in [0.05, 0.1) is 6.42 Å². The Bertz CT molecular complexity index is 652. The fraction of sp³-hybridized carbons (Fsp3) is 0.556. The predicted octanol–water partition coefficient (Wildman–Crippen LogP) is 2.98. The zero-order valence-corrected chi connectivity index (χ0v) is 14.3. The maximum atomic E-state index is 11.7. The summed E-state index contributed by atoms with van der Waals surface area (Å²) in [5.74, 6) is -1.28. The molecule has 0 fully saturated rings. The van der Waals surface area contributed by atoms with Crippen LogP contribution in [0.15, 0.2) is 12.1 Å². The molecule has 1 aromatic rings. The minimum Gasteiger partial charge on any atom is -0.481 e. The number of carboxylic acids is 1. The van der Waals surface area contributed by atoms with Crippen LogP contribution in [0.2, 0.25) is 0 Å². The summed E-state index contributed by atoms with van der Waals surface area (Å²) in [6, 6.07) is 3.33. The molecule has 0 radical (unpaired) electrons. The molecule has 0 spiro atoms. The molecule has 1 aliphatic rings. The molecule has 1 unspecified atom stereocenters. The first-order chi connectivity index (χ1) is 10.4. The molecule has 23 heavy (non-hydrogen) atoms. The van der Waals surface area contributed by atoms with Crippen molar-refractivity contribution in [3.63, 3.8) is 0 Å². The molecule has 0 aromatic heterocycles. The maximum absolute atomic E-state index is 11.7. The predicted molar refractivity (Wildman–Crippen MR) is 85.5 cm³/mol. The summed E-state index contributed by atoms with van der Waals surface area (Å²) in [7, 11) is 0. The Balaban J connectivity index is 2.58. The van der Waals surface area contributed by atoms with Gasteiger partial charge in [-0.3, -0.25) is 4.79 Å². The highest BCUT2D eigenvalue weighted by Crippen LogP contribution is 2.46. The van der Waals surface area contributed by atoms with E-state index in [9.17, 15) is 14.7 Å². The molecule has 0 saturated carbocycles. The van der Waals surface area contributed by atoms with Crippen molar-refractivity contribution in [2.24, 2.45) is 5.41 Å². The summed E-state index contributed by atoms with van der Waals surface area (Å²) in [6.07, 6.45) is -0.688. The summed E-state index contributed by atoms with van der Waals surface area (Å²) in [5, 5.41) is 19.1. The number of ether oxygens (including phenoxy) is 1. The second-order valence-corrected chi connectivity index (χ2v) is 8.08. The van der Waals surface area contributed by atoms with E-state index >= 15 is 0 Å². The third-order valence-corrected chi connectivity index (χ3v) is 3.95. The van der Waals surface area contributed by atoms with Crippen molar-refractivity contribution >= 4 is 11.9 Å². The van der Waals surface area contributed by atoms with Gasteiger partial charge in [0, 0.05) is 11.1 Å². The van der Waals surface area contributed by atoms with E-state index in [0.29, 0.717) is 16.9 Å². The van der Waals surface area contributed by atoms with E-state index in [1.54, 1.807) is 12.1 Å². The van der Waals surface area contributed by atoms with E-state index in [1.165, 1.54) is 0 Å². The van der Waals surface area contributed by atoms with Crippen LogP contribution in [0.25, 0.3) is 0 Å². The Hall–Kier alpha value is -1.88. The second kappa shape index (κ2) is 5.64. The molecule has 2 rings (SSSR count). The molecular weight excluding hydrogens is 296 g/mol. The van der Waals surface area contributed by atoms with E-state index in [0.717, 1.165) is 12.0 Å². The summed E-state index contributed by atoms with van der Waals surface area (Å²) >= 11 is 0. The van der Waals surface area contributed by atoms with E-state index < -0.39 is 18.0 Å². The SMILES string of the molecule is CC(C)(C)CC(C)(C)c1cc(CC(=O)O)cc2c1OC(=O)C2O. The molecule has 126 valence electrons. The zero-order chi connectivity index (χ0) is 17.6. The molecular formula is C18H24O5. The number of hydrogen-bond donors (Lipinski definition) is 2. The molecule has 0 saturated heterocycles. The highest BCUT2D eigenvalue weighted by molar-refractivity contribution is 5.86. The molecule has 1 aliphatic heterocycles. The van der Waals surface area contributed by atoms with Crippen molar-refractivity contribution in [3.05, 3.63) is 28.8 Å². The highest BCUT2D eigenvalue weighted by Gasteiger charge is 2.39. The van der Waals surface area contributed by atoms with Crippen LogP contribution in [-0.2, 0) is 21.4 Å². The molecule has 1 atom stereocenters. The van der Waals surface area contributed by atoms with Gasteiger partial charge in [0.25, 0.3) is 0 Å². The van der Waals surface area contributed by atoms with Crippen molar-refractivity contribution in [1.29, 1.82) is 0 Å². The zero-order valence-electron chi connectivity index (χ0n) is 14.3. The number of carbonyl (C=O) groups is 2. The first-order valence-electron chi connectivity index (χ1n) is 7.69. The summed E-state index contributed by atoms with van der Waals surface area (Å²) in [4.78, 5) is 22.8. The van der Waals surface area contributed by atoms with Gasteiger partial charge in [0.1, 0.15) is 5.75 Å². The topological polar surface area (TPSA) is 83.8 Å². The maximum Gasteiger partial charge on any atom is 0.345 e. The van der Waals surface area contributed by atoms with Crippen LogP contribution < -0.4 is 4.74 Å². The second-order valence-electron chi connectivity index (χ2n) is 8.08. The van der Waals surface area contributed by atoms with Gasteiger partial charge in [-0.05, 0) is 28.9 Å². The number of fused-ring (bicyclic) bond motifs is 1. The van der Waals surface area contributed by atoms with E-state index in [4.69, 9.17) is 9.84 Å². The minimum absolute atomic E-state index is 0.0421. The molecule has 0 bridgehead atoms. The lowest BCUT2D eigenvalue weighted by Crippen LogP contribution is -2.25. The van der Waals surface area contributed by atoms with Gasteiger partial charge in [0.15, 0.2) is 6.10 Å². The Kier molecular flexibility index (Phi) is 4.28. The molecule has 5 heteroatoms. The van der Waals surface area contributed by atoms with Crippen LogP contribution in [0.5, 0.6) is 5.75 Å². The van der Waals surface area contributed by atoms with Gasteiger partial charge in [-0.1, -0.05) is 40.7 Å². The van der Waals surface area contributed by atoms with E-state index in [1.807, 2.05) is 13.8 Å². The van der Waals surface area contributed by atoms with Crippen LogP contribution >= 0.6 is 0 Å². The lowest BCUT2D eigenvalue weighted by atomic mass is 9.71. The molecule has 1 heterocycles. The Morgan fingerprint density at radius 2 is 1.83 bits per heavy atom. The lowest BCUT2D eigenvalue weighted by molar-refractivity contribution is -0.141. The average Bonchev–Trinajstić information content (AvgIpc) is 2.61. The first-order valence-corrected chi connectivity index (χ1v) is 7.69. The van der Waals surface area contributed by atoms with Gasteiger partial charge in [-0.25, -0.2) is 4.79 Å². The van der Waals surface area contributed by atoms with Gasteiger partial charge in [0.2, 0.25) is 0 Å². The summed E-state index contributed by atoms with van der Waals surface area (Å²) < 4.78 is 5.27. The quantitative estimate of drug-likeness (QED) is 0.658. The van der Waals surface area contributed by atoms with Crippen LogP contribution in [0.1, 0.15) is 63.8 Å². The molecule has 0 amide bonds. The van der Waals surface area contributed by atoms with E-state index in [2.05, 4.69) is 20.8 Å². The first kappa shape index (κ1) is 17.5. The Labute approximate surface area is 136 Å². The van der Waals surface area contributed by atoms with Crippen LogP contribution in [0, 0.1) is 5.41 Å². The molecule has 1 aromatic carbocycles. The van der Waals surface area contributed by atoms with Crippen LogP contribution in [-0.4, -0.2) is 22.2 Å². The third kappa shape index (κ3) is 3.72.